The minimum atomic E-state index is 0.0426. The number of nitrogens with zero attached hydrogens (tertiary/aromatic N) is 2. The summed E-state index contributed by atoms with van der Waals surface area (Å²) in [6.45, 7) is 7.32. The highest BCUT2D eigenvalue weighted by molar-refractivity contribution is 5.76. The molecule has 1 aliphatic heterocycles. The third-order valence-corrected chi connectivity index (χ3v) is 2.39. The van der Waals surface area contributed by atoms with Crippen molar-refractivity contribution in [1.82, 2.24) is 15.1 Å². The number of hydrogen-bond acceptors (Lipinski definition) is 2. The molecule has 1 aromatic heterocycles. The molecule has 0 bridgehead atoms. The lowest BCUT2D eigenvalue weighted by atomic mass is 9.92. The Kier molecular flexibility index (Phi) is 1.87. The topological polar surface area (TPSA) is 46.9 Å². The highest BCUT2D eigenvalue weighted by Gasteiger charge is 2.22. The fraction of sp³-hybridized carbons (Fsp3) is 0.600. The van der Waals surface area contributed by atoms with Gasteiger partial charge in [0.05, 0.1) is 17.9 Å². The molecule has 1 aliphatic rings. The van der Waals surface area contributed by atoms with Crippen LogP contribution in [0.25, 0.3) is 0 Å². The SMILES string of the molecule is CC(C)(C)c1cc2n(n1)CC(=O)NC2. The van der Waals surface area contributed by atoms with Crippen molar-refractivity contribution in [2.75, 3.05) is 0 Å². The molecule has 4 heteroatoms. The monoisotopic (exact) mass is 193 g/mol. The van der Waals surface area contributed by atoms with E-state index in [9.17, 15) is 4.79 Å². The van der Waals surface area contributed by atoms with Gasteiger partial charge in [0.25, 0.3) is 0 Å². The Hall–Kier alpha value is -1.32. The van der Waals surface area contributed by atoms with Crippen LogP contribution in [0.15, 0.2) is 6.07 Å². The van der Waals surface area contributed by atoms with Crippen molar-refractivity contribution < 1.29 is 4.79 Å². The molecule has 0 atom stereocenters. The lowest BCUT2D eigenvalue weighted by Crippen LogP contribution is -2.34. The first-order valence-electron chi connectivity index (χ1n) is 4.81. The number of fused-ring (bicyclic) bond motifs is 1. The minimum absolute atomic E-state index is 0.0426. The summed E-state index contributed by atoms with van der Waals surface area (Å²) >= 11 is 0. The summed E-state index contributed by atoms with van der Waals surface area (Å²) in [7, 11) is 0. The predicted molar refractivity (Wildman–Crippen MR) is 52.8 cm³/mol. The van der Waals surface area contributed by atoms with Crippen LogP contribution >= 0.6 is 0 Å². The van der Waals surface area contributed by atoms with Crippen LogP contribution in [0.1, 0.15) is 32.2 Å². The second kappa shape index (κ2) is 2.83. The Morgan fingerprint density at radius 1 is 1.50 bits per heavy atom. The first-order chi connectivity index (χ1) is 6.47. The maximum atomic E-state index is 11.1. The number of rotatable bonds is 0. The van der Waals surface area contributed by atoms with E-state index < -0.39 is 0 Å². The average Bonchev–Trinajstić information content (AvgIpc) is 2.45. The van der Waals surface area contributed by atoms with Crippen LogP contribution in [0.3, 0.4) is 0 Å². The molecule has 2 heterocycles. The molecule has 0 radical (unpaired) electrons. The van der Waals surface area contributed by atoms with Crippen LogP contribution in [0.4, 0.5) is 0 Å². The fourth-order valence-electron chi connectivity index (χ4n) is 1.48. The second-order valence-electron chi connectivity index (χ2n) is 4.71. The Morgan fingerprint density at radius 2 is 2.21 bits per heavy atom. The van der Waals surface area contributed by atoms with Gasteiger partial charge >= 0.3 is 0 Å². The minimum Gasteiger partial charge on any atom is -0.349 e. The van der Waals surface area contributed by atoms with Gasteiger partial charge in [-0.2, -0.15) is 5.10 Å². The van der Waals surface area contributed by atoms with Gasteiger partial charge in [0.1, 0.15) is 6.54 Å². The van der Waals surface area contributed by atoms with Gasteiger partial charge in [-0.1, -0.05) is 20.8 Å². The Balaban J connectivity index is 2.37. The van der Waals surface area contributed by atoms with Crippen LogP contribution in [0.5, 0.6) is 0 Å². The summed E-state index contributed by atoms with van der Waals surface area (Å²) in [5.41, 5.74) is 2.19. The normalized spacial score (nSPS) is 16.4. The molecule has 0 aromatic carbocycles. The van der Waals surface area contributed by atoms with Gasteiger partial charge in [0.2, 0.25) is 5.91 Å². The Morgan fingerprint density at radius 3 is 2.86 bits per heavy atom. The number of carbonyl (C=O) groups is 1. The number of carbonyl (C=O) groups excluding carboxylic acids is 1. The maximum absolute atomic E-state index is 11.1. The standard InChI is InChI=1S/C10H15N3O/c1-10(2,3)8-4-7-5-11-9(14)6-13(7)12-8/h4H,5-6H2,1-3H3,(H,11,14). The summed E-state index contributed by atoms with van der Waals surface area (Å²) in [5, 5.41) is 7.23. The number of nitrogens with one attached hydrogen (secondary N) is 1. The van der Waals surface area contributed by atoms with E-state index in [4.69, 9.17) is 0 Å². The maximum Gasteiger partial charge on any atom is 0.242 e. The van der Waals surface area contributed by atoms with Crippen molar-refractivity contribution in [2.24, 2.45) is 0 Å². The third-order valence-electron chi connectivity index (χ3n) is 2.39. The van der Waals surface area contributed by atoms with Gasteiger partial charge in [-0.25, -0.2) is 0 Å². The van der Waals surface area contributed by atoms with Crippen molar-refractivity contribution in [1.29, 1.82) is 0 Å². The van der Waals surface area contributed by atoms with Gasteiger partial charge in [0.15, 0.2) is 0 Å². The molecule has 0 aliphatic carbocycles. The molecule has 0 saturated carbocycles. The van der Waals surface area contributed by atoms with Crippen molar-refractivity contribution >= 4 is 5.91 Å². The quantitative estimate of drug-likeness (QED) is 0.662. The third kappa shape index (κ3) is 1.52. The predicted octanol–water partition coefficient (Wildman–Crippen LogP) is 0.810. The molecule has 76 valence electrons. The molecule has 14 heavy (non-hydrogen) atoms. The highest BCUT2D eigenvalue weighted by atomic mass is 16.2. The molecule has 0 unspecified atom stereocenters. The van der Waals surface area contributed by atoms with Gasteiger partial charge in [-0.3, -0.25) is 9.48 Å². The summed E-state index contributed by atoms with van der Waals surface area (Å²) in [4.78, 5) is 11.1. The van der Waals surface area contributed by atoms with E-state index in [2.05, 4.69) is 37.3 Å². The molecule has 0 saturated heterocycles. The van der Waals surface area contributed by atoms with E-state index in [-0.39, 0.29) is 11.3 Å². The van der Waals surface area contributed by atoms with Crippen molar-refractivity contribution in [3.8, 4) is 0 Å². The van der Waals surface area contributed by atoms with E-state index >= 15 is 0 Å². The zero-order valence-corrected chi connectivity index (χ0v) is 8.79. The van der Waals surface area contributed by atoms with E-state index in [0.717, 1.165) is 11.4 Å². The fourth-order valence-corrected chi connectivity index (χ4v) is 1.48. The van der Waals surface area contributed by atoms with E-state index in [1.54, 1.807) is 4.68 Å². The van der Waals surface area contributed by atoms with Gasteiger partial charge in [-0.15, -0.1) is 0 Å². The van der Waals surface area contributed by atoms with E-state index in [1.807, 2.05) is 0 Å². The molecule has 0 spiro atoms. The molecule has 4 nitrogen and oxygen atoms in total. The lowest BCUT2D eigenvalue weighted by molar-refractivity contribution is -0.122. The zero-order valence-electron chi connectivity index (χ0n) is 8.79. The van der Waals surface area contributed by atoms with E-state index in [1.165, 1.54) is 0 Å². The number of hydrogen-bond donors (Lipinski definition) is 1. The number of aromatic nitrogens is 2. The van der Waals surface area contributed by atoms with Crippen LogP contribution in [-0.2, 0) is 23.3 Å². The molecule has 1 N–H and O–H groups in total. The Bertz CT molecular complexity index is 373. The van der Waals surface area contributed by atoms with Crippen LogP contribution in [0.2, 0.25) is 0 Å². The molecule has 1 amide bonds. The van der Waals surface area contributed by atoms with Crippen LogP contribution in [0, 0.1) is 0 Å². The smallest absolute Gasteiger partial charge is 0.242 e. The first-order valence-corrected chi connectivity index (χ1v) is 4.81. The van der Waals surface area contributed by atoms with Gasteiger partial charge in [0, 0.05) is 5.41 Å². The second-order valence-corrected chi connectivity index (χ2v) is 4.71. The summed E-state index contributed by atoms with van der Waals surface area (Å²) in [6, 6.07) is 2.07. The molecular weight excluding hydrogens is 178 g/mol. The van der Waals surface area contributed by atoms with Crippen molar-refractivity contribution in [2.45, 2.75) is 39.3 Å². The Labute approximate surface area is 83.3 Å². The lowest BCUT2D eigenvalue weighted by Gasteiger charge is -2.14. The summed E-state index contributed by atoms with van der Waals surface area (Å²) < 4.78 is 1.79. The van der Waals surface area contributed by atoms with Gasteiger partial charge in [-0.05, 0) is 6.07 Å². The average molecular weight is 193 g/mol. The van der Waals surface area contributed by atoms with Crippen LogP contribution in [-0.4, -0.2) is 15.7 Å². The summed E-state index contributed by atoms with van der Waals surface area (Å²) in [6.07, 6.45) is 0. The van der Waals surface area contributed by atoms with Crippen molar-refractivity contribution in [3.63, 3.8) is 0 Å². The number of amides is 1. The highest BCUT2D eigenvalue weighted by Crippen LogP contribution is 2.22. The van der Waals surface area contributed by atoms with Crippen molar-refractivity contribution in [3.05, 3.63) is 17.5 Å². The summed E-state index contributed by atoms with van der Waals surface area (Å²) in [5.74, 6) is 0.0426. The first kappa shape index (κ1) is 9.24. The van der Waals surface area contributed by atoms with Gasteiger partial charge < -0.3 is 5.32 Å². The molecular formula is C10H15N3O. The molecule has 0 fully saturated rings. The zero-order chi connectivity index (χ0) is 10.3. The molecule has 2 rings (SSSR count). The largest absolute Gasteiger partial charge is 0.349 e. The van der Waals surface area contributed by atoms with E-state index in [0.29, 0.717) is 13.1 Å². The molecule has 1 aromatic rings. The van der Waals surface area contributed by atoms with Crippen LogP contribution < -0.4 is 5.32 Å².